The van der Waals surface area contributed by atoms with E-state index in [1.165, 1.54) is 5.69 Å². The van der Waals surface area contributed by atoms with Crippen LogP contribution in [0.2, 0.25) is 0 Å². The van der Waals surface area contributed by atoms with E-state index >= 15 is 0 Å². The summed E-state index contributed by atoms with van der Waals surface area (Å²) in [5.74, 6) is -0.573. The fourth-order valence-electron chi connectivity index (χ4n) is 3.35. The summed E-state index contributed by atoms with van der Waals surface area (Å²) < 4.78 is 0. The molecule has 1 aliphatic heterocycles. The standard InChI is InChI=1S/C22H24N6O/c23-22(29)21-20(14-18(15-25-21)26-16-4-2-1-3-5-16)27-17-6-8-19(9-7-17)28-12-10-24-11-13-28/h1-9,14-15,24,26-27H,10-13H2,(H2,23,29). The maximum absolute atomic E-state index is 11.8. The highest BCUT2D eigenvalue weighted by molar-refractivity contribution is 5.98. The van der Waals surface area contributed by atoms with E-state index in [1.54, 1.807) is 6.20 Å². The molecule has 148 valence electrons. The van der Waals surface area contributed by atoms with Gasteiger partial charge in [0.15, 0.2) is 5.69 Å². The maximum Gasteiger partial charge on any atom is 0.269 e. The van der Waals surface area contributed by atoms with E-state index in [-0.39, 0.29) is 5.69 Å². The van der Waals surface area contributed by atoms with Crippen LogP contribution in [0, 0.1) is 0 Å². The lowest BCUT2D eigenvalue weighted by Crippen LogP contribution is -2.43. The summed E-state index contributed by atoms with van der Waals surface area (Å²) in [6, 6.07) is 19.8. The number of aromatic nitrogens is 1. The van der Waals surface area contributed by atoms with Crippen molar-refractivity contribution >= 4 is 34.3 Å². The fraction of sp³-hybridized carbons (Fsp3) is 0.182. The number of pyridine rings is 1. The summed E-state index contributed by atoms with van der Waals surface area (Å²) in [5, 5.41) is 9.91. The van der Waals surface area contributed by atoms with Gasteiger partial charge in [-0.05, 0) is 42.5 Å². The van der Waals surface area contributed by atoms with Crippen LogP contribution in [0.5, 0.6) is 0 Å². The molecule has 7 heteroatoms. The molecule has 0 spiro atoms. The van der Waals surface area contributed by atoms with Crippen LogP contribution in [0.1, 0.15) is 10.5 Å². The number of carbonyl (C=O) groups excluding carboxylic acids is 1. The number of hydrogen-bond donors (Lipinski definition) is 4. The number of piperazine rings is 1. The zero-order chi connectivity index (χ0) is 20.1. The minimum absolute atomic E-state index is 0.204. The van der Waals surface area contributed by atoms with Gasteiger partial charge in [-0.25, -0.2) is 4.98 Å². The summed E-state index contributed by atoms with van der Waals surface area (Å²) in [7, 11) is 0. The molecule has 0 radical (unpaired) electrons. The average Bonchev–Trinajstić information content (AvgIpc) is 2.76. The molecule has 4 rings (SSSR count). The lowest BCUT2D eigenvalue weighted by molar-refractivity contribution is 0.0996. The van der Waals surface area contributed by atoms with Gasteiger partial charge in [-0.1, -0.05) is 18.2 Å². The smallest absolute Gasteiger partial charge is 0.269 e. The number of rotatable bonds is 6. The number of para-hydroxylation sites is 1. The molecule has 1 aromatic heterocycles. The number of benzene rings is 2. The molecule has 1 saturated heterocycles. The van der Waals surface area contributed by atoms with Crippen LogP contribution in [0.3, 0.4) is 0 Å². The Hall–Kier alpha value is -3.58. The third-order valence-corrected chi connectivity index (χ3v) is 4.81. The molecule has 0 saturated carbocycles. The molecule has 5 N–H and O–H groups in total. The summed E-state index contributed by atoms with van der Waals surface area (Å²) in [5.41, 5.74) is 10.0. The summed E-state index contributed by atoms with van der Waals surface area (Å²) in [4.78, 5) is 18.4. The van der Waals surface area contributed by atoms with Crippen LogP contribution in [-0.4, -0.2) is 37.1 Å². The van der Waals surface area contributed by atoms with E-state index in [9.17, 15) is 4.79 Å². The monoisotopic (exact) mass is 388 g/mol. The molecule has 1 aliphatic rings. The fourth-order valence-corrected chi connectivity index (χ4v) is 3.35. The predicted molar refractivity (Wildman–Crippen MR) is 117 cm³/mol. The van der Waals surface area contributed by atoms with Crippen LogP contribution in [0.15, 0.2) is 66.9 Å². The van der Waals surface area contributed by atoms with Gasteiger partial charge in [0.1, 0.15) is 0 Å². The van der Waals surface area contributed by atoms with Gasteiger partial charge in [0.25, 0.3) is 5.91 Å². The number of anilines is 5. The SMILES string of the molecule is NC(=O)c1ncc(Nc2ccccc2)cc1Nc1ccc(N2CCNCC2)cc1. The van der Waals surface area contributed by atoms with Crippen LogP contribution in [0.4, 0.5) is 28.4 Å². The molecule has 1 fully saturated rings. The summed E-state index contributed by atoms with van der Waals surface area (Å²) >= 11 is 0. The van der Waals surface area contributed by atoms with Gasteiger partial charge in [-0.3, -0.25) is 4.79 Å². The summed E-state index contributed by atoms with van der Waals surface area (Å²) in [6.07, 6.45) is 1.60. The average molecular weight is 388 g/mol. The van der Waals surface area contributed by atoms with Crippen molar-refractivity contribution in [3.63, 3.8) is 0 Å². The van der Waals surface area contributed by atoms with Gasteiger partial charge >= 0.3 is 0 Å². The Labute approximate surface area is 169 Å². The number of amides is 1. The quantitative estimate of drug-likeness (QED) is 0.518. The molecule has 7 nitrogen and oxygen atoms in total. The molecular formula is C22H24N6O. The Kier molecular flexibility index (Phi) is 5.58. The second-order valence-electron chi connectivity index (χ2n) is 6.88. The first-order chi connectivity index (χ1) is 14.2. The molecule has 0 unspecified atom stereocenters. The minimum Gasteiger partial charge on any atom is -0.369 e. The van der Waals surface area contributed by atoms with Gasteiger partial charge in [-0.15, -0.1) is 0 Å². The molecule has 29 heavy (non-hydrogen) atoms. The van der Waals surface area contributed by atoms with Crippen LogP contribution < -0.4 is 26.6 Å². The topological polar surface area (TPSA) is 95.3 Å². The molecule has 0 atom stereocenters. The first kappa shape index (κ1) is 18.8. The van der Waals surface area contributed by atoms with E-state index in [4.69, 9.17) is 5.73 Å². The molecule has 3 aromatic rings. The van der Waals surface area contributed by atoms with Gasteiger partial charge in [-0.2, -0.15) is 0 Å². The third kappa shape index (κ3) is 4.64. The normalized spacial score (nSPS) is 13.7. The van der Waals surface area contributed by atoms with E-state index in [0.717, 1.165) is 43.2 Å². The number of hydrogen-bond acceptors (Lipinski definition) is 6. The highest BCUT2D eigenvalue weighted by Crippen LogP contribution is 2.26. The Morgan fingerprint density at radius 1 is 0.931 bits per heavy atom. The predicted octanol–water partition coefficient (Wildman–Crippen LogP) is 3.08. The Morgan fingerprint density at radius 2 is 1.62 bits per heavy atom. The third-order valence-electron chi connectivity index (χ3n) is 4.81. The molecule has 1 amide bonds. The largest absolute Gasteiger partial charge is 0.369 e. The van der Waals surface area contributed by atoms with Crippen molar-refractivity contribution in [2.75, 3.05) is 41.7 Å². The van der Waals surface area contributed by atoms with Gasteiger partial charge in [0.2, 0.25) is 0 Å². The Morgan fingerprint density at radius 3 is 2.31 bits per heavy atom. The Balaban J connectivity index is 1.54. The van der Waals surface area contributed by atoms with E-state index in [0.29, 0.717) is 5.69 Å². The number of nitrogens with two attached hydrogens (primary N) is 1. The van der Waals surface area contributed by atoms with Crippen molar-refractivity contribution in [1.29, 1.82) is 0 Å². The first-order valence-corrected chi connectivity index (χ1v) is 9.64. The molecule has 0 bridgehead atoms. The van der Waals surface area contributed by atoms with Gasteiger partial charge in [0, 0.05) is 43.2 Å². The van der Waals surface area contributed by atoms with Crippen molar-refractivity contribution in [3.8, 4) is 0 Å². The highest BCUT2D eigenvalue weighted by Gasteiger charge is 2.13. The molecule has 2 aromatic carbocycles. The zero-order valence-electron chi connectivity index (χ0n) is 16.1. The first-order valence-electron chi connectivity index (χ1n) is 9.64. The molecule has 0 aliphatic carbocycles. The second-order valence-corrected chi connectivity index (χ2v) is 6.88. The van der Waals surface area contributed by atoms with Crippen molar-refractivity contribution in [3.05, 3.63) is 72.6 Å². The number of carbonyl (C=O) groups is 1. The maximum atomic E-state index is 11.8. The minimum atomic E-state index is -0.573. The zero-order valence-corrected chi connectivity index (χ0v) is 16.1. The number of primary amides is 1. The molecular weight excluding hydrogens is 364 g/mol. The highest BCUT2D eigenvalue weighted by atomic mass is 16.1. The van der Waals surface area contributed by atoms with E-state index in [2.05, 4.69) is 38.0 Å². The van der Waals surface area contributed by atoms with Crippen molar-refractivity contribution in [2.24, 2.45) is 5.73 Å². The van der Waals surface area contributed by atoms with Crippen molar-refractivity contribution < 1.29 is 4.79 Å². The van der Waals surface area contributed by atoms with Gasteiger partial charge in [0.05, 0.1) is 17.6 Å². The number of nitrogens with zero attached hydrogens (tertiary/aromatic N) is 2. The van der Waals surface area contributed by atoms with Crippen LogP contribution >= 0.6 is 0 Å². The molecule has 2 heterocycles. The van der Waals surface area contributed by atoms with Crippen molar-refractivity contribution in [1.82, 2.24) is 10.3 Å². The van der Waals surface area contributed by atoms with Gasteiger partial charge < -0.3 is 26.6 Å². The summed E-state index contributed by atoms with van der Waals surface area (Å²) in [6.45, 7) is 3.98. The van der Waals surface area contributed by atoms with E-state index < -0.39 is 5.91 Å². The lowest BCUT2D eigenvalue weighted by Gasteiger charge is -2.29. The van der Waals surface area contributed by atoms with E-state index in [1.807, 2.05) is 48.5 Å². The second kappa shape index (κ2) is 8.62. The lowest BCUT2D eigenvalue weighted by atomic mass is 10.2. The van der Waals surface area contributed by atoms with Crippen LogP contribution in [-0.2, 0) is 0 Å². The van der Waals surface area contributed by atoms with Crippen molar-refractivity contribution in [2.45, 2.75) is 0 Å². The van der Waals surface area contributed by atoms with Crippen LogP contribution in [0.25, 0.3) is 0 Å². The number of nitrogens with one attached hydrogen (secondary N) is 3. The Bertz CT molecular complexity index is 968.